The lowest BCUT2D eigenvalue weighted by molar-refractivity contribution is -0.138. The number of amides is 1. The van der Waals surface area contributed by atoms with E-state index in [0.717, 1.165) is 19.4 Å². The van der Waals surface area contributed by atoms with Gasteiger partial charge in [0.05, 0.1) is 5.39 Å². The molecule has 0 saturated heterocycles. The van der Waals surface area contributed by atoms with Crippen LogP contribution in [0.1, 0.15) is 29.8 Å². The van der Waals surface area contributed by atoms with E-state index < -0.39 is 17.3 Å². The summed E-state index contributed by atoms with van der Waals surface area (Å²) in [5.41, 5.74) is 0.835. The second-order valence-electron chi connectivity index (χ2n) is 7.22. The van der Waals surface area contributed by atoms with E-state index in [1.54, 1.807) is 48.5 Å². The highest BCUT2D eigenvalue weighted by Gasteiger charge is 2.15. The molecule has 0 saturated carbocycles. The summed E-state index contributed by atoms with van der Waals surface area (Å²) in [5.74, 6) is -1.06. The number of nitrogens with zero attached hydrogens (tertiary/aromatic N) is 1. The standard InChI is InChI=1S/C25H25ClN2O5/c1-3-28(4-2)13-14-32-23(29)12-6-17-5-11-22-20(15-17)24(30)21(16-33-22)25(31)27-19-9-7-18(26)8-10-19/h5-12,15-16H,3-4,13-14H2,1-2H3,(H,27,31)/b12-6+. The molecule has 0 aliphatic rings. The predicted molar refractivity (Wildman–Crippen MR) is 130 cm³/mol. The molecule has 1 N–H and O–H groups in total. The summed E-state index contributed by atoms with van der Waals surface area (Å²) in [6, 6.07) is 11.4. The number of carbonyl (C=O) groups excluding carboxylic acids is 2. The fourth-order valence-corrected chi connectivity index (χ4v) is 3.29. The molecule has 8 heteroatoms. The summed E-state index contributed by atoms with van der Waals surface area (Å²) in [6.07, 6.45) is 4.00. The summed E-state index contributed by atoms with van der Waals surface area (Å²) in [6.45, 7) is 6.86. The molecule has 1 heterocycles. The Kier molecular flexibility index (Phi) is 8.40. The first-order valence-electron chi connectivity index (χ1n) is 10.6. The number of ether oxygens (including phenoxy) is 1. The van der Waals surface area contributed by atoms with Crippen molar-refractivity contribution < 1.29 is 18.7 Å². The number of hydrogen-bond acceptors (Lipinski definition) is 6. The number of anilines is 1. The fourth-order valence-electron chi connectivity index (χ4n) is 3.17. The van der Waals surface area contributed by atoms with Crippen LogP contribution in [-0.4, -0.2) is 43.0 Å². The monoisotopic (exact) mass is 468 g/mol. The van der Waals surface area contributed by atoms with Crippen LogP contribution in [-0.2, 0) is 9.53 Å². The highest BCUT2D eigenvalue weighted by atomic mass is 35.5. The Morgan fingerprint density at radius 1 is 1.12 bits per heavy atom. The molecule has 3 rings (SSSR count). The average Bonchev–Trinajstić information content (AvgIpc) is 2.82. The first-order valence-corrected chi connectivity index (χ1v) is 11.0. The first kappa shape index (κ1) is 24.2. The van der Waals surface area contributed by atoms with Crippen LogP contribution in [0.15, 0.2) is 64.0 Å². The summed E-state index contributed by atoms with van der Waals surface area (Å²) < 4.78 is 10.7. The minimum Gasteiger partial charge on any atom is -0.463 e. The number of benzene rings is 2. The van der Waals surface area contributed by atoms with Crippen molar-refractivity contribution in [1.82, 2.24) is 4.90 Å². The van der Waals surface area contributed by atoms with Crippen LogP contribution in [0.5, 0.6) is 0 Å². The zero-order chi connectivity index (χ0) is 23.8. The number of likely N-dealkylation sites (N-methyl/N-ethyl adjacent to an activating group) is 1. The molecule has 3 aromatic rings. The van der Waals surface area contributed by atoms with Gasteiger partial charge in [-0.3, -0.25) is 9.59 Å². The smallest absolute Gasteiger partial charge is 0.330 e. The zero-order valence-electron chi connectivity index (χ0n) is 18.5. The molecular weight excluding hydrogens is 444 g/mol. The van der Waals surface area contributed by atoms with E-state index in [1.807, 2.05) is 13.8 Å². The lowest BCUT2D eigenvalue weighted by Crippen LogP contribution is -2.27. The number of carbonyl (C=O) groups is 2. The van der Waals surface area contributed by atoms with Crippen molar-refractivity contribution in [1.29, 1.82) is 0 Å². The van der Waals surface area contributed by atoms with Gasteiger partial charge in [0.25, 0.3) is 5.91 Å². The van der Waals surface area contributed by atoms with Gasteiger partial charge in [-0.1, -0.05) is 31.5 Å². The van der Waals surface area contributed by atoms with Crippen molar-refractivity contribution in [2.75, 3.05) is 31.6 Å². The van der Waals surface area contributed by atoms with Crippen molar-refractivity contribution in [2.45, 2.75) is 13.8 Å². The van der Waals surface area contributed by atoms with Gasteiger partial charge < -0.3 is 19.4 Å². The van der Waals surface area contributed by atoms with Gasteiger partial charge in [0.15, 0.2) is 0 Å². The molecule has 0 spiro atoms. The number of esters is 1. The van der Waals surface area contributed by atoms with Gasteiger partial charge in [-0.15, -0.1) is 0 Å². The van der Waals surface area contributed by atoms with Gasteiger partial charge in [0.1, 0.15) is 24.0 Å². The molecule has 1 aromatic heterocycles. The molecule has 172 valence electrons. The van der Waals surface area contributed by atoms with Gasteiger partial charge in [-0.25, -0.2) is 4.79 Å². The highest BCUT2D eigenvalue weighted by Crippen LogP contribution is 2.17. The van der Waals surface area contributed by atoms with Crippen LogP contribution in [0.4, 0.5) is 5.69 Å². The van der Waals surface area contributed by atoms with Crippen LogP contribution < -0.4 is 10.7 Å². The molecule has 0 aliphatic carbocycles. The van der Waals surface area contributed by atoms with Crippen LogP contribution in [0.3, 0.4) is 0 Å². The molecule has 0 radical (unpaired) electrons. The van der Waals surface area contributed by atoms with Crippen molar-refractivity contribution >= 4 is 46.2 Å². The van der Waals surface area contributed by atoms with E-state index in [1.165, 1.54) is 6.08 Å². The molecule has 0 aliphatic heterocycles. The lowest BCUT2D eigenvalue weighted by Gasteiger charge is -2.16. The SMILES string of the molecule is CCN(CC)CCOC(=O)/C=C/c1ccc2occ(C(=O)Nc3ccc(Cl)cc3)c(=O)c2c1. The Morgan fingerprint density at radius 3 is 2.55 bits per heavy atom. The second-order valence-corrected chi connectivity index (χ2v) is 7.66. The Hall–Kier alpha value is -3.42. The third-order valence-electron chi connectivity index (χ3n) is 5.10. The Labute approximate surface area is 196 Å². The lowest BCUT2D eigenvalue weighted by atomic mass is 10.1. The summed E-state index contributed by atoms with van der Waals surface area (Å²) >= 11 is 5.85. The first-order chi connectivity index (χ1) is 15.9. The van der Waals surface area contributed by atoms with Crippen LogP contribution >= 0.6 is 11.6 Å². The Bertz CT molecular complexity index is 1210. The zero-order valence-corrected chi connectivity index (χ0v) is 19.2. The molecule has 0 fully saturated rings. The van der Waals surface area contributed by atoms with Crippen molar-refractivity contribution in [2.24, 2.45) is 0 Å². The van der Waals surface area contributed by atoms with Crippen molar-refractivity contribution in [3.8, 4) is 0 Å². The number of hydrogen-bond donors (Lipinski definition) is 1. The van der Waals surface area contributed by atoms with Crippen LogP contribution in [0.2, 0.25) is 5.02 Å². The Balaban J connectivity index is 1.72. The molecule has 7 nitrogen and oxygen atoms in total. The number of nitrogens with one attached hydrogen (secondary N) is 1. The molecule has 0 bridgehead atoms. The Morgan fingerprint density at radius 2 is 1.85 bits per heavy atom. The number of halogens is 1. The van der Waals surface area contributed by atoms with Gasteiger partial charge >= 0.3 is 5.97 Å². The maximum Gasteiger partial charge on any atom is 0.330 e. The summed E-state index contributed by atoms with van der Waals surface area (Å²) in [7, 11) is 0. The third-order valence-corrected chi connectivity index (χ3v) is 5.35. The van der Waals surface area contributed by atoms with E-state index in [0.29, 0.717) is 35.0 Å². The minimum absolute atomic E-state index is 0.130. The molecule has 2 aromatic carbocycles. The van der Waals surface area contributed by atoms with Crippen molar-refractivity contribution in [3.05, 3.63) is 81.2 Å². The van der Waals surface area contributed by atoms with Gasteiger partial charge in [-0.05, 0) is 61.1 Å². The molecular formula is C25H25ClN2O5. The van der Waals surface area contributed by atoms with E-state index in [4.69, 9.17) is 20.8 Å². The van der Waals surface area contributed by atoms with Crippen LogP contribution in [0, 0.1) is 0 Å². The van der Waals surface area contributed by atoms with Crippen molar-refractivity contribution in [3.63, 3.8) is 0 Å². The quantitative estimate of drug-likeness (QED) is 0.365. The highest BCUT2D eigenvalue weighted by molar-refractivity contribution is 6.30. The molecule has 1 amide bonds. The van der Waals surface area contributed by atoms with E-state index >= 15 is 0 Å². The van der Waals surface area contributed by atoms with Gasteiger partial charge in [0.2, 0.25) is 5.43 Å². The van der Waals surface area contributed by atoms with E-state index in [-0.39, 0.29) is 10.9 Å². The average molecular weight is 469 g/mol. The minimum atomic E-state index is -0.592. The van der Waals surface area contributed by atoms with Gasteiger partial charge in [-0.2, -0.15) is 0 Å². The third kappa shape index (κ3) is 6.54. The maximum absolute atomic E-state index is 12.9. The molecule has 0 unspecified atom stereocenters. The van der Waals surface area contributed by atoms with Gasteiger partial charge in [0, 0.05) is 23.3 Å². The number of rotatable bonds is 9. The predicted octanol–water partition coefficient (Wildman–Crippen LogP) is 4.60. The maximum atomic E-state index is 12.9. The second kappa shape index (κ2) is 11.4. The topological polar surface area (TPSA) is 88.8 Å². The van der Waals surface area contributed by atoms with E-state index in [9.17, 15) is 14.4 Å². The van der Waals surface area contributed by atoms with E-state index in [2.05, 4.69) is 10.2 Å². The number of fused-ring (bicyclic) bond motifs is 1. The summed E-state index contributed by atoms with van der Waals surface area (Å²) in [5, 5.41) is 3.41. The fraction of sp³-hybridized carbons (Fsp3) is 0.240. The van der Waals surface area contributed by atoms with Crippen LogP contribution in [0.25, 0.3) is 17.0 Å². The molecule has 33 heavy (non-hydrogen) atoms. The normalized spacial score (nSPS) is 11.3. The summed E-state index contributed by atoms with van der Waals surface area (Å²) in [4.78, 5) is 39.6. The molecule has 0 atom stereocenters. The largest absolute Gasteiger partial charge is 0.463 e.